The van der Waals surface area contributed by atoms with Crippen LogP contribution in [0.1, 0.15) is 49.4 Å². The highest BCUT2D eigenvalue weighted by atomic mass is 16.2. The van der Waals surface area contributed by atoms with Gasteiger partial charge in [-0.1, -0.05) is 12.2 Å². The van der Waals surface area contributed by atoms with Crippen molar-refractivity contribution in [1.29, 1.82) is 0 Å². The third-order valence-electron chi connectivity index (χ3n) is 7.85. The zero-order valence-electron chi connectivity index (χ0n) is 20.9. The standard InChI is InChI=1S/C27H33N7O3/c35-25-22(6-5-20(19-7-12-28-13-8-19)17-33(25)16-18-3-4-18)30-26(36)32-14-9-21(10-15-32)34-23-2-1-11-29-24(23)31-27(34)37/h1-2,5,7-8,12-13,18,21-22,29H,3-4,6,9-11,14-17H2,(H,30,36)(H,31,37)/t22-/m1/s1. The van der Waals surface area contributed by atoms with E-state index >= 15 is 0 Å². The number of imidazole rings is 1. The molecule has 2 aromatic heterocycles. The van der Waals surface area contributed by atoms with Crippen molar-refractivity contribution in [3.05, 3.63) is 58.4 Å². The van der Waals surface area contributed by atoms with Crippen molar-refractivity contribution in [2.75, 3.05) is 38.0 Å². The summed E-state index contributed by atoms with van der Waals surface area (Å²) in [4.78, 5) is 50.0. The van der Waals surface area contributed by atoms with Crippen molar-refractivity contribution in [2.45, 2.75) is 44.2 Å². The smallest absolute Gasteiger partial charge is 0.327 e. The Bertz CT molecular complexity index is 1280. The molecular formula is C27H33N7O3. The van der Waals surface area contributed by atoms with Gasteiger partial charge in [-0.3, -0.25) is 19.3 Å². The Morgan fingerprint density at radius 1 is 1.11 bits per heavy atom. The summed E-state index contributed by atoms with van der Waals surface area (Å²) in [5.74, 6) is 1.30. The number of amides is 3. The Hall–Kier alpha value is -3.82. The highest BCUT2D eigenvalue weighted by molar-refractivity contribution is 5.90. The van der Waals surface area contributed by atoms with Crippen LogP contribution in [0.25, 0.3) is 11.6 Å². The van der Waals surface area contributed by atoms with E-state index < -0.39 is 6.04 Å². The van der Waals surface area contributed by atoms with Gasteiger partial charge in [-0.2, -0.15) is 0 Å². The molecule has 2 fully saturated rings. The van der Waals surface area contributed by atoms with Crippen LogP contribution in [0.15, 0.2) is 41.5 Å². The average Bonchev–Trinajstić information content (AvgIpc) is 3.70. The number of nitrogens with one attached hydrogen (secondary N) is 3. The molecular weight excluding hydrogens is 470 g/mol. The summed E-state index contributed by atoms with van der Waals surface area (Å²) in [7, 11) is 0. The van der Waals surface area contributed by atoms with E-state index in [9.17, 15) is 14.4 Å². The lowest BCUT2D eigenvalue weighted by molar-refractivity contribution is -0.132. The molecule has 0 aromatic carbocycles. The van der Waals surface area contributed by atoms with Gasteiger partial charge in [-0.05, 0) is 67.4 Å². The minimum Gasteiger partial charge on any atom is -0.366 e. The monoisotopic (exact) mass is 503 g/mol. The van der Waals surface area contributed by atoms with Crippen molar-refractivity contribution in [2.24, 2.45) is 5.92 Å². The number of hydrogen-bond donors (Lipinski definition) is 3. The molecule has 1 aliphatic carbocycles. The number of pyridine rings is 1. The van der Waals surface area contributed by atoms with E-state index in [0.29, 0.717) is 51.4 Å². The number of nitrogens with zero attached hydrogens (tertiary/aromatic N) is 4. The van der Waals surface area contributed by atoms with E-state index in [1.165, 1.54) is 0 Å². The molecule has 10 nitrogen and oxygen atoms in total. The second-order valence-corrected chi connectivity index (χ2v) is 10.4. The number of aromatic amines is 1. The third-order valence-corrected chi connectivity index (χ3v) is 7.85. The summed E-state index contributed by atoms with van der Waals surface area (Å²) in [6, 6.07) is 3.16. The lowest BCUT2D eigenvalue weighted by Crippen LogP contribution is -2.53. The number of carbonyl (C=O) groups excluding carboxylic acids is 2. The van der Waals surface area contributed by atoms with Crippen LogP contribution in [-0.4, -0.2) is 75.0 Å². The fraction of sp³-hybridized carbons (Fsp3) is 0.481. The zero-order valence-corrected chi connectivity index (χ0v) is 20.9. The SMILES string of the molecule is O=C(N[C@@H]1CC=C(c2ccncc2)CN(CC2CC2)C1=O)N1CCC(n2c3c([nH]c2=O)NCC=C3)CC1. The summed E-state index contributed by atoms with van der Waals surface area (Å²) >= 11 is 0. The van der Waals surface area contributed by atoms with Crippen LogP contribution in [0.2, 0.25) is 0 Å². The number of fused-ring (bicyclic) bond motifs is 1. The highest BCUT2D eigenvalue weighted by Crippen LogP contribution is 2.32. The van der Waals surface area contributed by atoms with Crippen LogP contribution < -0.4 is 16.3 Å². The lowest BCUT2D eigenvalue weighted by Gasteiger charge is -2.34. The maximum absolute atomic E-state index is 13.5. The molecule has 194 valence electrons. The third kappa shape index (κ3) is 4.92. The molecule has 10 heteroatoms. The van der Waals surface area contributed by atoms with Gasteiger partial charge in [0, 0.05) is 51.2 Å². The Labute approximate surface area is 215 Å². The Balaban J connectivity index is 1.12. The van der Waals surface area contributed by atoms with Gasteiger partial charge in [0.05, 0.1) is 5.69 Å². The van der Waals surface area contributed by atoms with E-state index in [1.54, 1.807) is 17.3 Å². The van der Waals surface area contributed by atoms with Crippen LogP contribution >= 0.6 is 0 Å². The normalized spacial score (nSPS) is 22.2. The first-order valence-corrected chi connectivity index (χ1v) is 13.3. The minimum atomic E-state index is -0.584. The Morgan fingerprint density at radius 2 is 1.89 bits per heavy atom. The van der Waals surface area contributed by atoms with Crippen LogP contribution in [0.5, 0.6) is 0 Å². The number of aromatic nitrogens is 3. The Morgan fingerprint density at radius 3 is 2.65 bits per heavy atom. The van der Waals surface area contributed by atoms with Crippen molar-refractivity contribution < 1.29 is 9.59 Å². The van der Waals surface area contributed by atoms with Crippen LogP contribution in [0.3, 0.4) is 0 Å². The molecule has 0 spiro atoms. The van der Waals surface area contributed by atoms with Gasteiger partial charge >= 0.3 is 11.7 Å². The van der Waals surface area contributed by atoms with Crippen LogP contribution in [0.4, 0.5) is 10.6 Å². The number of rotatable bonds is 5. The van der Waals surface area contributed by atoms with E-state index in [1.807, 2.05) is 33.8 Å². The summed E-state index contributed by atoms with van der Waals surface area (Å²) in [6.45, 7) is 3.05. The first-order chi connectivity index (χ1) is 18.1. The summed E-state index contributed by atoms with van der Waals surface area (Å²) in [5.41, 5.74) is 2.90. The van der Waals surface area contributed by atoms with Gasteiger partial charge in [-0.15, -0.1) is 0 Å². The summed E-state index contributed by atoms with van der Waals surface area (Å²) in [6.07, 6.45) is 13.7. The molecule has 0 unspecified atom stereocenters. The van der Waals surface area contributed by atoms with Gasteiger partial charge in [0.25, 0.3) is 0 Å². The topological polar surface area (TPSA) is 115 Å². The van der Waals surface area contributed by atoms with E-state index in [2.05, 4.69) is 26.7 Å². The fourth-order valence-electron chi connectivity index (χ4n) is 5.61. The number of carbonyl (C=O) groups is 2. The molecule has 5 heterocycles. The number of hydrogen-bond acceptors (Lipinski definition) is 5. The number of likely N-dealkylation sites (tertiary alicyclic amines) is 1. The predicted molar refractivity (Wildman–Crippen MR) is 141 cm³/mol. The van der Waals surface area contributed by atoms with E-state index in [4.69, 9.17) is 0 Å². The molecule has 3 aliphatic heterocycles. The molecule has 1 atom stereocenters. The molecule has 0 bridgehead atoms. The second-order valence-electron chi connectivity index (χ2n) is 10.4. The van der Waals surface area contributed by atoms with Gasteiger partial charge in [-0.25, -0.2) is 9.59 Å². The summed E-state index contributed by atoms with van der Waals surface area (Å²) in [5, 5.41) is 6.22. The maximum atomic E-state index is 13.5. The molecule has 3 amide bonds. The number of H-pyrrole nitrogens is 1. The van der Waals surface area contributed by atoms with Crippen LogP contribution in [-0.2, 0) is 4.79 Å². The van der Waals surface area contributed by atoms with Gasteiger partial charge < -0.3 is 20.4 Å². The molecule has 1 saturated heterocycles. The van der Waals surface area contributed by atoms with Gasteiger partial charge in [0.1, 0.15) is 11.9 Å². The first-order valence-electron chi connectivity index (χ1n) is 13.3. The Kier molecular flexibility index (Phi) is 6.31. The molecule has 1 saturated carbocycles. The minimum absolute atomic E-state index is 0.0137. The predicted octanol–water partition coefficient (Wildman–Crippen LogP) is 2.45. The quantitative estimate of drug-likeness (QED) is 0.580. The van der Waals surface area contributed by atoms with Crippen LogP contribution in [0, 0.1) is 5.92 Å². The maximum Gasteiger partial charge on any atom is 0.327 e. The van der Waals surface area contributed by atoms with Crippen molar-refractivity contribution in [3.8, 4) is 0 Å². The molecule has 2 aromatic rings. The highest BCUT2D eigenvalue weighted by Gasteiger charge is 2.35. The summed E-state index contributed by atoms with van der Waals surface area (Å²) < 4.78 is 1.81. The first kappa shape index (κ1) is 23.6. The van der Waals surface area contributed by atoms with E-state index in [-0.39, 0.29) is 23.7 Å². The number of urea groups is 1. The van der Waals surface area contributed by atoms with Crippen molar-refractivity contribution >= 4 is 29.4 Å². The number of anilines is 1. The van der Waals surface area contributed by atoms with Crippen molar-refractivity contribution in [1.82, 2.24) is 29.7 Å². The average molecular weight is 504 g/mol. The largest absolute Gasteiger partial charge is 0.366 e. The molecule has 6 rings (SSSR count). The van der Waals surface area contributed by atoms with E-state index in [0.717, 1.165) is 42.0 Å². The number of piperidine rings is 1. The zero-order chi connectivity index (χ0) is 25.4. The molecule has 4 aliphatic rings. The lowest BCUT2D eigenvalue weighted by atomic mass is 10.0. The second kappa shape index (κ2) is 9.91. The van der Waals surface area contributed by atoms with Gasteiger partial charge in [0.15, 0.2) is 0 Å². The molecule has 37 heavy (non-hydrogen) atoms. The fourth-order valence-corrected chi connectivity index (χ4v) is 5.61. The van der Waals surface area contributed by atoms with Crippen molar-refractivity contribution in [3.63, 3.8) is 0 Å². The molecule has 3 N–H and O–H groups in total. The van der Waals surface area contributed by atoms with Gasteiger partial charge in [0.2, 0.25) is 5.91 Å². The molecule has 0 radical (unpaired) electrons.